The van der Waals surface area contributed by atoms with Crippen LogP contribution in [-0.4, -0.2) is 57.0 Å². The van der Waals surface area contributed by atoms with Gasteiger partial charge in [0.05, 0.1) is 5.69 Å². The number of amides is 1. The molecule has 1 aliphatic heterocycles. The average molecular weight is 545 g/mol. The number of anilines is 1. The average Bonchev–Trinajstić information content (AvgIpc) is 3.19. The van der Waals surface area contributed by atoms with Gasteiger partial charge in [0.25, 0.3) is 15.9 Å². The first kappa shape index (κ1) is 28.3. The third kappa shape index (κ3) is 6.82. The van der Waals surface area contributed by atoms with Gasteiger partial charge in [0.1, 0.15) is 4.90 Å². The summed E-state index contributed by atoms with van der Waals surface area (Å²) in [6.45, 7) is 11.6. The number of sulfonamides is 1. The van der Waals surface area contributed by atoms with Crippen molar-refractivity contribution in [2.75, 3.05) is 30.9 Å². The molecule has 204 valence electrons. The topological polar surface area (TPSA) is 82.1 Å². The third-order valence-corrected chi connectivity index (χ3v) is 8.39. The highest BCUT2D eigenvalue weighted by molar-refractivity contribution is 7.92. The van der Waals surface area contributed by atoms with E-state index in [-0.39, 0.29) is 10.8 Å². The smallest absolute Gasteiger partial charge is 0.264 e. The third-order valence-electron chi connectivity index (χ3n) is 6.98. The van der Waals surface area contributed by atoms with E-state index in [9.17, 15) is 13.2 Å². The molecule has 1 amide bonds. The van der Waals surface area contributed by atoms with E-state index in [1.54, 1.807) is 42.5 Å². The molecule has 0 atom stereocenters. The van der Waals surface area contributed by atoms with Crippen molar-refractivity contribution >= 4 is 40.1 Å². The lowest BCUT2D eigenvalue weighted by Crippen LogP contribution is -2.35. The Morgan fingerprint density at radius 2 is 1.72 bits per heavy atom. The van der Waals surface area contributed by atoms with Crippen LogP contribution < -0.4 is 4.72 Å². The zero-order valence-electron chi connectivity index (χ0n) is 22.6. The first-order chi connectivity index (χ1) is 18.9. The van der Waals surface area contributed by atoms with Crippen LogP contribution in [0.3, 0.4) is 0 Å². The largest absolute Gasteiger partial charge is 0.337 e. The van der Waals surface area contributed by atoms with Crippen LogP contribution in [0.15, 0.2) is 82.7 Å². The van der Waals surface area contributed by atoms with Crippen molar-refractivity contribution in [3.63, 3.8) is 0 Å². The fourth-order valence-corrected chi connectivity index (χ4v) is 6.19. The highest BCUT2D eigenvalue weighted by Crippen LogP contribution is 2.30. The molecule has 0 aromatic heterocycles. The number of hydrogen-bond donors (Lipinski definition) is 1. The minimum Gasteiger partial charge on any atom is -0.337 e. The maximum absolute atomic E-state index is 13.3. The second-order valence-corrected chi connectivity index (χ2v) is 11.2. The van der Waals surface area contributed by atoms with Crippen LogP contribution in [0.1, 0.15) is 47.3 Å². The van der Waals surface area contributed by atoms with Gasteiger partial charge in [0.2, 0.25) is 0 Å². The fraction of sp³-hybridized carbons (Fsp3) is 0.290. The van der Waals surface area contributed by atoms with Gasteiger partial charge in [-0.3, -0.25) is 19.4 Å². The van der Waals surface area contributed by atoms with E-state index in [4.69, 9.17) is 0 Å². The molecule has 0 saturated carbocycles. The Kier molecular flexibility index (Phi) is 9.32. The van der Waals surface area contributed by atoms with Crippen LogP contribution in [-0.2, 0) is 23.0 Å². The highest BCUT2D eigenvalue weighted by atomic mass is 32.2. The van der Waals surface area contributed by atoms with Crippen LogP contribution in [0.5, 0.6) is 0 Å². The Morgan fingerprint density at radius 3 is 2.41 bits per heavy atom. The van der Waals surface area contributed by atoms with E-state index in [1.165, 1.54) is 17.2 Å². The van der Waals surface area contributed by atoms with Crippen molar-refractivity contribution in [1.82, 2.24) is 9.80 Å². The molecule has 3 aromatic rings. The number of carbonyl (C=O) groups is 1. The maximum atomic E-state index is 13.3. The number of aliphatic imine (C=N–C) groups is 1. The summed E-state index contributed by atoms with van der Waals surface area (Å²) in [7, 11) is -3.91. The summed E-state index contributed by atoms with van der Waals surface area (Å²) in [5.41, 5.74) is 4.58. The number of para-hydroxylation sites is 1. The van der Waals surface area contributed by atoms with Gasteiger partial charge in [0, 0.05) is 49.5 Å². The number of allylic oxidation sites excluding steroid dienone is 1. The van der Waals surface area contributed by atoms with Crippen molar-refractivity contribution in [1.29, 1.82) is 0 Å². The van der Waals surface area contributed by atoms with E-state index in [2.05, 4.69) is 52.5 Å². The highest BCUT2D eigenvalue weighted by Gasteiger charge is 2.22. The summed E-state index contributed by atoms with van der Waals surface area (Å²) in [6.07, 6.45) is 5.52. The Balaban J connectivity index is 1.41. The molecule has 1 aliphatic rings. The Labute approximate surface area is 231 Å². The molecule has 0 spiro atoms. The molecule has 39 heavy (non-hydrogen) atoms. The van der Waals surface area contributed by atoms with Crippen LogP contribution in [0, 0.1) is 0 Å². The number of nitrogens with zero attached hydrogens (tertiary/aromatic N) is 3. The van der Waals surface area contributed by atoms with Gasteiger partial charge in [-0.05, 0) is 67.9 Å². The number of aryl methyl sites for hydroxylation is 1. The van der Waals surface area contributed by atoms with E-state index in [0.29, 0.717) is 35.6 Å². The second kappa shape index (κ2) is 12.9. The van der Waals surface area contributed by atoms with E-state index in [0.717, 1.165) is 32.5 Å². The lowest BCUT2D eigenvalue weighted by atomic mass is 10.0. The molecular formula is C31H36N4O3S. The van der Waals surface area contributed by atoms with E-state index >= 15 is 0 Å². The monoisotopic (exact) mass is 544 g/mol. The fourth-order valence-electron chi connectivity index (χ4n) is 4.94. The molecular weight excluding hydrogens is 508 g/mol. The summed E-state index contributed by atoms with van der Waals surface area (Å²) in [5, 5.41) is 0. The SMILES string of the molecule is C=Nc1c(/C=C\C)cccc1S(=O)(=O)Nc1ccc(C(=O)N2CCCN(Cc3ccccc3CC)CC2)cc1. The first-order valence-corrected chi connectivity index (χ1v) is 14.8. The predicted molar refractivity (Wildman–Crippen MR) is 159 cm³/mol. The van der Waals surface area contributed by atoms with Crippen molar-refractivity contribution in [3.05, 3.63) is 95.1 Å². The molecule has 0 unspecified atom stereocenters. The van der Waals surface area contributed by atoms with Crippen LogP contribution >= 0.6 is 0 Å². The Bertz CT molecular complexity index is 1450. The predicted octanol–water partition coefficient (Wildman–Crippen LogP) is 5.76. The number of benzene rings is 3. The van der Waals surface area contributed by atoms with Crippen molar-refractivity contribution in [3.8, 4) is 0 Å². The molecule has 1 N–H and O–H groups in total. The summed E-state index contributed by atoms with van der Waals surface area (Å²) >= 11 is 0. The van der Waals surface area contributed by atoms with Crippen LogP contribution in [0.2, 0.25) is 0 Å². The van der Waals surface area contributed by atoms with E-state index in [1.807, 2.05) is 17.9 Å². The molecule has 1 heterocycles. The summed E-state index contributed by atoms with van der Waals surface area (Å²) < 4.78 is 28.9. The molecule has 7 nitrogen and oxygen atoms in total. The minimum atomic E-state index is -3.91. The molecule has 0 radical (unpaired) electrons. The summed E-state index contributed by atoms with van der Waals surface area (Å²) in [4.78, 5) is 21.6. The van der Waals surface area contributed by atoms with Crippen molar-refractivity contribution in [2.24, 2.45) is 4.99 Å². The quantitative estimate of drug-likeness (QED) is 0.347. The molecule has 1 fully saturated rings. The minimum absolute atomic E-state index is 0.0441. The van der Waals surface area contributed by atoms with Gasteiger partial charge < -0.3 is 4.90 Å². The van der Waals surface area contributed by atoms with Gasteiger partial charge in [-0.2, -0.15) is 0 Å². The summed E-state index contributed by atoms with van der Waals surface area (Å²) in [6, 6.07) is 20.1. The lowest BCUT2D eigenvalue weighted by molar-refractivity contribution is 0.0761. The zero-order valence-corrected chi connectivity index (χ0v) is 23.5. The number of rotatable bonds is 9. The summed E-state index contributed by atoms with van der Waals surface area (Å²) in [5.74, 6) is -0.0441. The second-order valence-electron chi connectivity index (χ2n) is 9.58. The van der Waals surface area contributed by atoms with Gasteiger partial charge in [-0.15, -0.1) is 0 Å². The van der Waals surface area contributed by atoms with Gasteiger partial charge >= 0.3 is 0 Å². The number of carbonyl (C=O) groups excluding carboxylic acids is 1. The standard InChI is InChI=1S/C31H36N4O3S/c1-4-10-25-13-8-14-29(30(25)32-3)39(37,38)33-28-17-15-26(16-18-28)31(36)35-20-9-19-34(21-22-35)23-27-12-7-6-11-24(27)5-2/h4,6-8,10-18,33H,3,5,9,19-23H2,1-2H3/b10-4-. The van der Waals surface area contributed by atoms with Crippen molar-refractivity contribution in [2.45, 2.75) is 38.1 Å². The Morgan fingerprint density at radius 1 is 0.974 bits per heavy atom. The normalized spacial score (nSPS) is 14.8. The molecule has 4 rings (SSSR count). The number of nitrogens with one attached hydrogen (secondary N) is 1. The molecule has 0 aliphatic carbocycles. The van der Waals surface area contributed by atoms with Gasteiger partial charge in [-0.1, -0.05) is 55.5 Å². The Hall–Kier alpha value is -3.75. The van der Waals surface area contributed by atoms with Crippen LogP contribution in [0.25, 0.3) is 6.08 Å². The number of hydrogen-bond acceptors (Lipinski definition) is 5. The van der Waals surface area contributed by atoms with Gasteiger partial charge in [0.15, 0.2) is 0 Å². The van der Waals surface area contributed by atoms with Crippen molar-refractivity contribution < 1.29 is 13.2 Å². The van der Waals surface area contributed by atoms with Crippen LogP contribution in [0.4, 0.5) is 11.4 Å². The van der Waals surface area contributed by atoms with E-state index < -0.39 is 10.0 Å². The molecule has 0 bridgehead atoms. The molecule has 3 aromatic carbocycles. The zero-order chi connectivity index (χ0) is 27.8. The molecule has 1 saturated heterocycles. The maximum Gasteiger partial charge on any atom is 0.264 e. The molecule has 8 heteroatoms. The van der Waals surface area contributed by atoms with Gasteiger partial charge in [-0.25, -0.2) is 8.42 Å². The first-order valence-electron chi connectivity index (χ1n) is 13.3. The lowest BCUT2D eigenvalue weighted by Gasteiger charge is -2.23.